The first-order valence-electron chi connectivity index (χ1n) is 32.7. The van der Waals surface area contributed by atoms with Crippen molar-refractivity contribution in [2.75, 3.05) is 40.9 Å². The van der Waals surface area contributed by atoms with Crippen LogP contribution < -0.4 is 10.2 Å². The van der Waals surface area contributed by atoms with Crippen LogP contribution in [0.4, 0.5) is 0 Å². The number of carbonyl (C=O) groups excluding carboxylic acids is 1. The fraction of sp³-hybridized carbons (Fsp3) is 0.923. The van der Waals surface area contributed by atoms with Crippen LogP contribution in [-0.2, 0) is 18.4 Å². The monoisotopic (exact) mass is 1060 g/mol. The highest BCUT2D eigenvalue weighted by atomic mass is 31.2. The van der Waals surface area contributed by atoms with E-state index in [9.17, 15) is 19.4 Å². The van der Waals surface area contributed by atoms with Crippen LogP contribution in [0.1, 0.15) is 335 Å². The minimum atomic E-state index is -4.60. The van der Waals surface area contributed by atoms with Gasteiger partial charge in [-0.05, 0) is 44.9 Å². The van der Waals surface area contributed by atoms with Gasteiger partial charge < -0.3 is 28.8 Å². The van der Waals surface area contributed by atoms with Gasteiger partial charge in [0.05, 0.1) is 39.9 Å². The molecule has 3 atom stereocenters. The van der Waals surface area contributed by atoms with Crippen LogP contribution in [0.2, 0.25) is 0 Å². The van der Waals surface area contributed by atoms with Crippen LogP contribution in [0, 0.1) is 0 Å². The highest BCUT2D eigenvalue weighted by Gasteiger charge is 2.23. The van der Waals surface area contributed by atoms with Crippen LogP contribution in [0.5, 0.6) is 0 Å². The van der Waals surface area contributed by atoms with E-state index in [0.717, 1.165) is 38.5 Å². The maximum absolute atomic E-state index is 13.0. The first kappa shape index (κ1) is 73.0. The molecule has 74 heavy (non-hydrogen) atoms. The van der Waals surface area contributed by atoms with Gasteiger partial charge in [-0.2, -0.15) is 0 Å². The number of nitrogens with zero attached hydrogens (tertiary/aromatic N) is 1. The first-order valence-corrected chi connectivity index (χ1v) is 34.2. The van der Waals surface area contributed by atoms with E-state index in [4.69, 9.17) is 9.05 Å². The lowest BCUT2D eigenvalue weighted by Gasteiger charge is -2.29. The molecule has 2 N–H and O–H groups in total. The largest absolute Gasteiger partial charge is 0.756 e. The summed E-state index contributed by atoms with van der Waals surface area (Å²) in [5, 5.41) is 13.9. The Labute approximate surface area is 462 Å². The summed E-state index contributed by atoms with van der Waals surface area (Å²) in [5.74, 6) is -0.190. The number of rotatable bonds is 61. The van der Waals surface area contributed by atoms with E-state index >= 15 is 0 Å². The molecule has 3 unspecified atom stereocenters. The Hall–Kier alpha value is -1.02. The van der Waals surface area contributed by atoms with Crippen molar-refractivity contribution in [3.05, 3.63) is 24.3 Å². The van der Waals surface area contributed by atoms with Gasteiger partial charge in [-0.3, -0.25) is 9.36 Å². The number of amides is 1. The van der Waals surface area contributed by atoms with Gasteiger partial charge in [-0.25, -0.2) is 0 Å². The molecule has 0 heterocycles. The maximum atomic E-state index is 13.0. The Kier molecular flexibility index (Phi) is 55.9. The first-order chi connectivity index (χ1) is 36.0. The minimum Gasteiger partial charge on any atom is -0.756 e. The van der Waals surface area contributed by atoms with E-state index in [1.165, 1.54) is 276 Å². The molecule has 440 valence electrons. The van der Waals surface area contributed by atoms with Crippen molar-refractivity contribution in [1.29, 1.82) is 0 Å². The number of phosphoric acid groups is 1. The lowest BCUT2D eigenvalue weighted by Crippen LogP contribution is -2.45. The van der Waals surface area contributed by atoms with E-state index in [0.29, 0.717) is 17.4 Å². The predicted molar refractivity (Wildman–Crippen MR) is 321 cm³/mol. The van der Waals surface area contributed by atoms with Crippen LogP contribution in [0.25, 0.3) is 0 Å². The predicted octanol–water partition coefficient (Wildman–Crippen LogP) is 19.7. The molecule has 0 bridgehead atoms. The standard InChI is InChI=1S/C65H129N2O6P/c1-6-8-10-12-14-16-18-20-22-24-26-27-28-29-30-31-32-33-34-35-36-37-38-39-41-43-45-47-49-51-53-55-57-59-65(69)66-63(62-73-74(70,71)72-61-60-67(3,4)5)64(68)58-56-54-52-50-48-46-44-42-40-25-23-21-19-17-15-13-11-9-7-2/h29-30,56,58,63-64,68H,6-28,31-55,57,59-62H2,1-5H3,(H-,66,69,70,71)/b30-29-,58-56+. The SMILES string of the molecule is CCCCCCCCCCCCCC/C=C\CCCCCCCCCCCCCCCCCCCC(=O)NC(COP(=O)([O-])OCC[N+](C)(C)C)C(O)/C=C/CCCCCCCCCCCCCCCCCCC. The molecule has 0 saturated carbocycles. The number of phosphoric ester groups is 1. The van der Waals surface area contributed by atoms with Crippen molar-refractivity contribution in [2.45, 2.75) is 347 Å². The summed E-state index contributed by atoms with van der Waals surface area (Å²) < 4.78 is 23.4. The van der Waals surface area contributed by atoms with E-state index < -0.39 is 20.0 Å². The van der Waals surface area contributed by atoms with Gasteiger partial charge in [0.2, 0.25) is 5.91 Å². The number of aliphatic hydroxyl groups is 1. The number of carbonyl (C=O) groups is 1. The molecular formula is C65H129N2O6P. The lowest BCUT2D eigenvalue weighted by atomic mass is 10.0. The van der Waals surface area contributed by atoms with Gasteiger partial charge >= 0.3 is 0 Å². The average Bonchev–Trinajstić information content (AvgIpc) is 3.36. The molecule has 0 aliphatic heterocycles. The summed E-state index contributed by atoms with van der Waals surface area (Å²) in [7, 11) is 1.28. The third-order valence-corrected chi connectivity index (χ3v) is 16.1. The van der Waals surface area contributed by atoms with Crippen molar-refractivity contribution < 1.29 is 32.9 Å². The molecule has 0 fully saturated rings. The number of aliphatic hydroxyl groups excluding tert-OH is 1. The van der Waals surface area contributed by atoms with E-state index in [1.807, 2.05) is 27.2 Å². The maximum Gasteiger partial charge on any atom is 0.268 e. The summed E-state index contributed by atoms with van der Waals surface area (Å²) in [6.07, 6.45) is 72.8. The lowest BCUT2D eigenvalue weighted by molar-refractivity contribution is -0.870. The third-order valence-electron chi connectivity index (χ3n) is 15.2. The molecule has 0 aromatic rings. The fourth-order valence-electron chi connectivity index (χ4n) is 10.0. The number of hydrogen-bond donors (Lipinski definition) is 2. The molecule has 0 rings (SSSR count). The summed E-state index contributed by atoms with van der Waals surface area (Å²) in [5.41, 5.74) is 0. The van der Waals surface area contributed by atoms with Crippen LogP contribution in [-0.4, -0.2) is 68.5 Å². The second-order valence-corrected chi connectivity index (χ2v) is 25.2. The van der Waals surface area contributed by atoms with Crippen LogP contribution >= 0.6 is 7.82 Å². The Morgan fingerprint density at radius 2 is 0.743 bits per heavy atom. The number of nitrogens with one attached hydrogen (secondary N) is 1. The van der Waals surface area contributed by atoms with Crippen molar-refractivity contribution in [3.63, 3.8) is 0 Å². The second-order valence-electron chi connectivity index (χ2n) is 23.8. The zero-order chi connectivity index (χ0) is 54.2. The minimum absolute atomic E-state index is 0.00159. The smallest absolute Gasteiger partial charge is 0.268 e. The zero-order valence-corrected chi connectivity index (χ0v) is 51.2. The molecule has 0 radical (unpaired) electrons. The van der Waals surface area contributed by atoms with Gasteiger partial charge in [0.25, 0.3) is 7.82 Å². The Balaban J connectivity index is 4.02. The van der Waals surface area contributed by atoms with E-state index in [2.05, 4.69) is 31.3 Å². The van der Waals surface area contributed by atoms with Crippen LogP contribution in [0.3, 0.4) is 0 Å². The molecule has 0 spiro atoms. The van der Waals surface area contributed by atoms with Gasteiger partial charge in [0.15, 0.2) is 0 Å². The molecule has 0 aliphatic carbocycles. The van der Waals surface area contributed by atoms with Crippen LogP contribution in [0.15, 0.2) is 24.3 Å². The molecule has 8 nitrogen and oxygen atoms in total. The molecule has 0 saturated heterocycles. The Morgan fingerprint density at radius 3 is 1.05 bits per heavy atom. The summed E-state index contributed by atoms with van der Waals surface area (Å²) in [6.45, 7) is 4.70. The number of likely N-dealkylation sites (N-methyl/N-ethyl adjacent to an activating group) is 1. The number of quaternary nitrogens is 1. The zero-order valence-electron chi connectivity index (χ0n) is 50.3. The van der Waals surface area contributed by atoms with E-state index in [-0.39, 0.29) is 19.1 Å². The Bertz CT molecular complexity index is 1260. The van der Waals surface area contributed by atoms with Gasteiger partial charge in [-0.15, -0.1) is 0 Å². The number of allylic oxidation sites excluding steroid dienone is 3. The molecule has 0 aliphatic rings. The summed E-state index contributed by atoms with van der Waals surface area (Å²) in [4.78, 5) is 25.6. The average molecular weight is 1070 g/mol. The fourth-order valence-corrected chi connectivity index (χ4v) is 10.8. The van der Waals surface area contributed by atoms with Crippen molar-refractivity contribution >= 4 is 13.7 Å². The van der Waals surface area contributed by atoms with Gasteiger partial charge in [0, 0.05) is 6.42 Å². The topological polar surface area (TPSA) is 108 Å². The Morgan fingerprint density at radius 1 is 0.459 bits per heavy atom. The number of hydrogen-bond acceptors (Lipinski definition) is 6. The number of unbranched alkanes of at least 4 members (excludes halogenated alkanes) is 46. The molecule has 1 amide bonds. The van der Waals surface area contributed by atoms with Gasteiger partial charge in [0.1, 0.15) is 13.2 Å². The van der Waals surface area contributed by atoms with Crippen molar-refractivity contribution in [3.8, 4) is 0 Å². The highest BCUT2D eigenvalue weighted by Crippen LogP contribution is 2.38. The highest BCUT2D eigenvalue weighted by molar-refractivity contribution is 7.45. The normalized spacial score (nSPS) is 13.9. The van der Waals surface area contributed by atoms with Crippen molar-refractivity contribution in [2.24, 2.45) is 0 Å². The molecule has 0 aromatic carbocycles. The van der Waals surface area contributed by atoms with Crippen molar-refractivity contribution in [1.82, 2.24) is 5.32 Å². The van der Waals surface area contributed by atoms with Gasteiger partial charge in [-0.1, -0.05) is 308 Å². The summed E-state index contributed by atoms with van der Waals surface area (Å²) in [6, 6.07) is -0.884. The second kappa shape index (κ2) is 56.7. The molecule has 9 heteroatoms. The molecule has 0 aromatic heterocycles. The quantitative estimate of drug-likeness (QED) is 0.0272. The summed E-state index contributed by atoms with van der Waals surface area (Å²) >= 11 is 0. The molecular weight excluding hydrogens is 936 g/mol. The third kappa shape index (κ3) is 58.7. The van der Waals surface area contributed by atoms with E-state index in [1.54, 1.807) is 6.08 Å².